The number of carbonyl (C=O) groups is 1. The van der Waals surface area contributed by atoms with Gasteiger partial charge < -0.3 is 10.2 Å². The summed E-state index contributed by atoms with van der Waals surface area (Å²) in [5.41, 5.74) is 2.45. The summed E-state index contributed by atoms with van der Waals surface area (Å²) < 4.78 is 1.47. The van der Waals surface area contributed by atoms with Crippen molar-refractivity contribution >= 4 is 23.4 Å². The highest BCUT2D eigenvalue weighted by Crippen LogP contribution is 2.22. The Bertz CT molecular complexity index is 1360. The van der Waals surface area contributed by atoms with Crippen molar-refractivity contribution < 1.29 is 4.79 Å². The van der Waals surface area contributed by atoms with Crippen LogP contribution in [0.25, 0.3) is 11.7 Å². The van der Waals surface area contributed by atoms with Crippen LogP contribution in [0.15, 0.2) is 71.7 Å². The minimum Gasteiger partial charge on any atom is -0.353 e. The molecule has 0 saturated carbocycles. The van der Waals surface area contributed by atoms with Crippen LogP contribution >= 0.6 is 0 Å². The van der Waals surface area contributed by atoms with Gasteiger partial charge in [-0.15, -0.1) is 6.58 Å². The van der Waals surface area contributed by atoms with Crippen LogP contribution in [0.5, 0.6) is 0 Å². The molecule has 1 aliphatic heterocycles. The molecular formula is C27H28N6O2. The first kappa shape index (κ1) is 23.9. The second-order valence-corrected chi connectivity index (χ2v) is 8.46. The summed E-state index contributed by atoms with van der Waals surface area (Å²) in [4.78, 5) is 35.3. The molecule has 178 valence electrons. The molecule has 1 amide bonds. The molecule has 0 aliphatic carbocycles. The van der Waals surface area contributed by atoms with Gasteiger partial charge in [-0.05, 0) is 30.2 Å². The number of aryl methyl sites for hydroxylation is 1. The maximum Gasteiger partial charge on any atom is 0.267 e. The first-order valence-electron chi connectivity index (χ1n) is 11.6. The second kappa shape index (κ2) is 10.8. The minimum atomic E-state index is -0.556. The summed E-state index contributed by atoms with van der Waals surface area (Å²) in [6, 6.07) is 15.9. The summed E-state index contributed by atoms with van der Waals surface area (Å²) in [5.74, 6) is -0.0623. The summed E-state index contributed by atoms with van der Waals surface area (Å²) >= 11 is 0. The van der Waals surface area contributed by atoms with Gasteiger partial charge in [-0.1, -0.05) is 42.5 Å². The number of hydrogen-bond acceptors (Lipinski definition) is 6. The number of aromatic nitrogens is 2. The van der Waals surface area contributed by atoms with E-state index >= 15 is 0 Å². The van der Waals surface area contributed by atoms with Crippen molar-refractivity contribution in [3.63, 3.8) is 0 Å². The minimum absolute atomic E-state index is 0.151. The molecule has 3 aromatic rings. The average Bonchev–Trinajstić information content (AvgIpc) is 2.88. The number of carbonyl (C=O) groups excluding carboxylic acids is 1. The third kappa shape index (κ3) is 5.31. The molecule has 2 aromatic heterocycles. The molecule has 1 aromatic carbocycles. The number of amides is 1. The molecule has 4 rings (SSSR count). The Kier molecular flexibility index (Phi) is 7.38. The zero-order valence-electron chi connectivity index (χ0n) is 19.8. The van der Waals surface area contributed by atoms with E-state index in [9.17, 15) is 14.9 Å². The van der Waals surface area contributed by atoms with E-state index in [1.807, 2.05) is 37.3 Å². The average molecular weight is 469 g/mol. The van der Waals surface area contributed by atoms with Crippen molar-refractivity contribution in [2.75, 3.05) is 37.6 Å². The topological polar surface area (TPSA) is 93.7 Å². The largest absolute Gasteiger partial charge is 0.353 e. The Hall–Kier alpha value is -4.22. The highest BCUT2D eigenvalue weighted by molar-refractivity contribution is 6.02. The van der Waals surface area contributed by atoms with E-state index in [-0.39, 0.29) is 23.2 Å². The van der Waals surface area contributed by atoms with E-state index in [0.717, 1.165) is 25.2 Å². The maximum atomic E-state index is 13.5. The quantitative estimate of drug-likeness (QED) is 0.325. The SMILES string of the molecule is C=CCNC(=O)/C(C#N)=C/c1c(N2CCN(Cc3ccccc3)CC2)nc2c(C)cccn2c1=O. The number of piperazine rings is 1. The van der Waals surface area contributed by atoms with Crippen LogP contribution in [0.4, 0.5) is 5.82 Å². The van der Waals surface area contributed by atoms with Gasteiger partial charge >= 0.3 is 0 Å². The summed E-state index contributed by atoms with van der Waals surface area (Å²) in [7, 11) is 0. The fourth-order valence-electron chi connectivity index (χ4n) is 4.18. The van der Waals surface area contributed by atoms with Crippen LogP contribution in [0, 0.1) is 18.3 Å². The Morgan fingerprint density at radius 2 is 1.91 bits per heavy atom. The molecule has 0 atom stereocenters. The van der Waals surface area contributed by atoms with Gasteiger partial charge in [0.1, 0.15) is 23.1 Å². The lowest BCUT2D eigenvalue weighted by molar-refractivity contribution is -0.116. The molecule has 1 fully saturated rings. The van der Waals surface area contributed by atoms with E-state index in [1.54, 1.807) is 12.3 Å². The normalized spacial score (nSPS) is 14.5. The zero-order chi connectivity index (χ0) is 24.8. The summed E-state index contributed by atoms with van der Waals surface area (Å²) in [5, 5.41) is 12.2. The van der Waals surface area contributed by atoms with Gasteiger partial charge in [-0.3, -0.25) is 18.9 Å². The molecule has 0 spiro atoms. The molecule has 1 aliphatic rings. The van der Waals surface area contributed by atoms with Gasteiger partial charge in [0.25, 0.3) is 11.5 Å². The Balaban J connectivity index is 1.70. The maximum absolute atomic E-state index is 13.5. The van der Waals surface area contributed by atoms with E-state index in [4.69, 9.17) is 4.98 Å². The van der Waals surface area contributed by atoms with Crippen molar-refractivity contribution in [1.82, 2.24) is 19.6 Å². The predicted molar refractivity (Wildman–Crippen MR) is 137 cm³/mol. The first-order chi connectivity index (χ1) is 17.0. The summed E-state index contributed by atoms with van der Waals surface area (Å²) in [6.07, 6.45) is 4.54. The van der Waals surface area contributed by atoms with Crippen molar-refractivity contribution in [3.8, 4) is 6.07 Å². The molecule has 3 heterocycles. The van der Waals surface area contributed by atoms with Gasteiger partial charge in [-0.25, -0.2) is 4.98 Å². The van der Waals surface area contributed by atoms with Crippen molar-refractivity contribution in [1.29, 1.82) is 5.26 Å². The second-order valence-electron chi connectivity index (χ2n) is 8.46. The molecule has 0 radical (unpaired) electrons. The molecule has 1 N–H and O–H groups in total. The standard InChI is InChI=1S/C27H28N6O2/c1-3-11-29-26(34)22(18-28)17-23-25(30-24-20(2)8-7-12-33(24)27(23)35)32-15-13-31(14-16-32)19-21-9-5-4-6-10-21/h3-10,12,17H,1,11,13-16,19H2,2H3,(H,29,34)/b22-17+. The highest BCUT2D eigenvalue weighted by atomic mass is 16.1. The molecule has 0 unspecified atom stereocenters. The molecule has 8 nitrogen and oxygen atoms in total. The monoisotopic (exact) mass is 468 g/mol. The Morgan fingerprint density at radius 1 is 1.17 bits per heavy atom. The van der Waals surface area contributed by atoms with Gasteiger partial charge in [0.15, 0.2) is 0 Å². The Labute approximate surface area is 204 Å². The van der Waals surface area contributed by atoms with Crippen LogP contribution in [-0.2, 0) is 11.3 Å². The number of anilines is 1. The van der Waals surface area contributed by atoms with Crippen LogP contribution < -0.4 is 15.8 Å². The number of nitriles is 1. The third-order valence-electron chi connectivity index (χ3n) is 6.05. The number of rotatable bonds is 7. The van der Waals surface area contributed by atoms with Crippen LogP contribution in [0.1, 0.15) is 16.7 Å². The van der Waals surface area contributed by atoms with E-state index in [1.165, 1.54) is 22.1 Å². The van der Waals surface area contributed by atoms with E-state index in [2.05, 4.69) is 33.8 Å². The summed E-state index contributed by atoms with van der Waals surface area (Å²) in [6.45, 7) is 9.52. The highest BCUT2D eigenvalue weighted by Gasteiger charge is 2.24. The van der Waals surface area contributed by atoms with Gasteiger partial charge in [0.05, 0.1) is 5.56 Å². The zero-order valence-corrected chi connectivity index (χ0v) is 19.8. The van der Waals surface area contributed by atoms with E-state index < -0.39 is 5.91 Å². The molecule has 8 heteroatoms. The van der Waals surface area contributed by atoms with Crippen molar-refractivity contribution in [2.24, 2.45) is 0 Å². The molecular weight excluding hydrogens is 440 g/mol. The molecule has 35 heavy (non-hydrogen) atoms. The number of fused-ring (bicyclic) bond motifs is 1. The van der Waals surface area contributed by atoms with Crippen LogP contribution in [-0.4, -0.2) is 52.9 Å². The fraction of sp³-hybridized carbons (Fsp3) is 0.259. The lowest BCUT2D eigenvalue weighted by Crippen LogP contribution is -2.47. The first-order valence-corrected chi connectivity index (χ1v) is 11.6. The van der Waals surface area contributed by atoms with Gasteiger partial charge in [0.2, 0.25) is 0 Å². The lowest BCUT2D eigenvalue weighted by atomic mass is 10.1. The van der Waals surface area contributed by atoms with Crippen LogP contribution in [0.2, 0.25) is 0 Å². The fourth-order valence-corrected chi connectivity index (χ4v) is 4.18. The smallest absolute Gasteiger partial charge is 0.267 e. The molecule has 0 bridgehead atoms. The van der Waals surface area contributed by atoms with E-state index in [0.29, 0.717) is 24.6 Å². The van der Waals surface area contributed by atoms with Crippen LogP contribution in [0.3, 0.4) is 0 Å². The number of nitrogens with one attached hydrogen (secondary N) is 1. The Morgan fingerprint density at radius 3 is 2.60 bits per heavy atom. The number of hydrogen-bond donors (Lipinski definition) is 1. The number of nitrogens with zero attached hydrogens (tertiary/aromatic N) is 5. The lowest BCUT2D eigenvalue weighted by Gasteiger charge is -2.36. The number of pyridine rings is 1. The van der Waals surface area contributed by atoms with Gasteiger partial charge in [0, 0.05) is 45.5 Å². The number of benzene rings is 1. The molecule has 1 saturated heterocycles. The van der Waals surface area contributed by atoms with Gasteiger partial charge in [-0.2, -0.15) is 5.26 Å². The van der Waals surface area contributed by atoms with Crippen molar-refractivity contribution in [2.45, 2.75) is 13.5 Å². The predicted octanol–water partition coefficient (Wildman–Crippen LogP) is 2.53. The van der Waals surface area contributed by atoms with Crippen molar-refractivity contribution in [3.05, 3.63) is 93.9 Å². The third-order valence-corrected chi connectivity index (χ3v) is 6.05.